The fraction of sp³-hybridized carbons (Fsp3) is 0.207. The fourth-order valence-corrected chi connectivity index (χ4v) is 4.90. The first-order valence-electron chi connectivity index (χ1n) is 11.5. The Morgan fingerprint density at radius 1 is 1.06 bits per heavy atom. The maximum atomic E-state index is 14.5. The molecule has 0 saturated carbocycles. The number of carboxylic acid groups (broad SMARTS) is 1. The second-order valence-corrected chi connectivity index (χ2v) is 8.81. The molecule has 6 heteroatoms. The molecule has 0 unspecified atom stereocenters. The van der Waals surface area contributed by atoms with Crippen LogP contribution >= 0.6 is 12.4 Å². The highest BCUT2D eigenvalue weighted by Gasteiger charge is 2.30. The Balaban J connectivity index is 0.00000289. The number of ether oxygens (including phenoxy) is 1. The van der Waals surface area contributed by atoms with Crippen LogP contribution in [0.4, 0.5) is 4.39 Å². The van der Waals surface area contributed by atoms with Crippen molar-refractivity contribution in [1.82, 2.24) is 5.32 Å². The van der Waals surface area contributed by atoms with Crippen LogP contribution in [-0.4, -0.2) is 23.7 Å². The molecule has 1 heterocycles. The van der Waals surface area contributed by atoms with Crippen LogP contribution in [0, 0.1) is 5.82 Å². The van der Waals surface area contributed by atoms with Crippen LogP contribution < -0.4 is 10.1 Å². The van der Waals surface area contributed by atoms with E-state index in [1.807, 2.05) is 30.3 Å². The Bertz CT molecular complexity index is 1350. The molecule has 4 nitrogen and oxygen atoms in total. The summed E-state index contributed by atoms with van der Waals surface area (Å²) in [5.74, 6) is -1.28. The predicted molar refractivity (Wildman–Crippen MR) is 138 cm³/mol. The molecule has 5 rings (SSSR count). The van der Waals surface area contributed by atoms with Crippen LogP contribution in [0.3, 0.4) is 0 Å². The number of rotatable bonds is 6. The molecule has 180 valence electrons. The third-order valence-corrected chi connectivity index (χ3v) is 6.65. The van der Waals surface area contributed by atoms with Gasteiger partial charge in [-0.25, -0.2) is 9.18 Å². The first-order chi connectivity index (χ1) is 16.5. The van der Waals surface area contributed by atoms with Gasteiger partial charge in [0.15, 0.2) is 0 Å². The summed E-state index contributed by atoms with van der Waals surface area (Å²) in [6.45, 7) is 2.78. The normalized spacial score (nSPS) is 17.7. The molecule has 4 aromatic rings. The number of halogens is 2. The molecule has 3 atom stereocenters. The Labute approximate surface area is 210 Å². The van der Waals surface area contributed by atoms with E-state index in [-0.39, 0.29) is 36.0 Å². The summed E-state index contributed by atoms with van der Waals surface area (Å²) < 4.78 is 20.8. The third kappa shape index (κ3) is 5.02. The lowest BCUT2D eigenvalue weighted by atomic mass is 9.83. The zero-order chi connectivity index (χ0) is 23.7. The van der Waals surface area contributed by atoms with Gasteiger partial charge in [-0.05, 0) is 53.4 Å². The van der Waals surface area contributed by atoms with Crippen molar-refractivity contribution in [3.63, 3.8) is 0 Å². The highest BCUT2D eigenvalue weighted by molar-refractivity contribution is 5.88. The van der Waals surface area contributed by atoms with Crippen molar-refractivity contribution in [2.24, 2.45) is 0 Å². The number of nitrogens with one attached hydrogen (secondary N) is 1. The lowest BCUT2D eigenvalue weighted by molar-refractivity contribution is 0.0691. The van der Waals surface area contributed by atoms with Crippen molar-refractivity contribution in [2.45, 2.75) is 31.4 Å². The monoisotopic (exact) mass is 491 g/mol. The van der Waals surface area contributed by atoms with Gasteiger partial charge in [-0.2, -0.15) is 0 Å². The van der Waals surface area contributed by atoms with E-state index in [9.17, 15) is 14.3 Å². The average Bonchev–Trinajstić information content (AvgIpc) is 2.86. The SMILES string of the molecule is C[C@@H](NC[C@H]1C[C@@H](c2ccc(C(=O)O)c(F)c2)c2ccccc2O1)c1cccc2ccccc12.Cl. The van der Waals surface area contributed by atoms with Gasteiger partial charge < -0.3 is 15.2 Å². The summed E-state index contributed by atoms with van der Waals surface area (Å²) >= 11 is 0. The van der Waals surface area contributed by atoms with Crippen molar-refractivity contribution >= 4 is 29.1 Å². The Hall–Kier alpha value is -3.41. The third-order valence-electron chi connectivity index (χ3n) is 6.65. The maximum absolute atomic E-state index is 14.5. The Kier molecular flexibility index (Phi) is 7.39. The van der Waals surface area contributed by atoms with Gasteiger partial charge in [-0.15, -0.1) is 12.4 Å². The van der Waals surface area contributed by atoms with Crippen molar-refractivity contribution in [3.05, 3.63) is 113 Å². The summed E-state index contributed by atoms with van der Waals surface area (Å²) in [5.41, 5.74) is 2.66. The summed E-state index contributed by atoms with van der Waals surface area (Å²) in [4.78, 5) is 11.2. The lowest BCUT2D eigenvalue weighted by Gasteiger charge is -2.33. The van der Waals surface area contributed by atoms with Gasteiger partial charge in [0.25, 0.3) is 0 Å². The number of aromatic carboxylic acids is 1. The molecule has 0 amide bonds. The highest BCUT2D eigenvalue weighted by atomic mass is 35.5. The zero-order valence-corrected chi connectivity index (χ0v) is 20.1. The van der Waals surface area contributed by atoms with E-state index in [4.69, 9.17) is 4.74 Å². The van der Waals surface area contributed by atoms with Gasteiger partial charge in [0.1, 0.15) is 17.7 Å². The van der Waals surface area contributed by atoms with E-state index in [0.29, 0.717) is 13.0 Å². The average molecular weight is 492 g/mol. The fourth-order valence-electron chi connectivity index (χ4n) is 4.90. The molecular formula is C29H27ClFNO3. The number of benzene rings is 4. The van der Waals surface area contributed by atoms with Crippen LogP contribution in [0.2, 0.25) is 0 Å². The quantitative estimate of drug-likeness (QED) is 0.314. The number of hydrogen-bond acceptors (Lipinski definition) is 3. The minimum absolute atomic E-state index is 0. The minimum Gasteiger partial charge on any atom is -0.489 e. The second kappa shape index (κ2) is 10.5. The zero-order valence-electron chi connectivity index (χ0n) is 19.3. The van der Waals surface area contributed by atoms with E-state index in [1.54, 1.807) is 6.07 Å². The Morgan fingerprint density at radius 2 is 1.80 bits per heavy atom. The maximum Gasteiger partial charge on any atom is 0.338 e. The number of para-hydroxylation sites is 1. The summed E-state index contributed by atoms with van der Waals surface area (Å²) in [7, 11) is 0. The predicted octanol–water partition coefficient (Wildman–Crippen LogP) is 6.73. The van der Waals surface area contributed by atoms with E-state index >= 15 is 0 Å². The van der Waals surface area contributed by atoms with Gasteiger partial charge in [-0.3, -0.25) is 0 Å². The Morgan fingerprint density at radius 3 is 2.60 bits per heavy atom. The van der Waals surface area contributed by atoms with Crippen molar-refractivity contribution in [2.75, 3.05) is 6.54 Å². The topological polar surface area (TPSA) is 58.6 Å². The molecule has 0 radical (unpaired) electrons. The summed E-state index contributed by atoms with van der Waals surface area (Å²) in [6, 6.07) is 27.0. The van der Waals surface area contributed by atoms with E-state index in [2.05, 4.69) is 48.6 Å². The second-order valence-electron chi connectivity index (χ2n) is 8.81. The molecule has 0 spiro atoms. The molecule has 2 N–H and O–H groups in total. The van der Waals surface area contributed by atoms with Gasteiger partial charge in [0, 0.05) is 24.1 Å². The van der Waals surface area contributed by atoms with Gasteiger partial charge in [0.05, 0.1) is 5.56 Å². The molecule has 0 aromatic heterocycles. The smallest absolute Gasteiger partial charge is 0.338 e. The molecule has 4 aromatic carbocycles. The summed E-state index contributed by atoms with van der Waals surface area (Å²) in [6.07, 6.45) is 0.553. The van der Waals surface area contributed by atoms with Crippen molar-refractivity contribution < 1.29 is 19.0 Å². The molecule has 0 saturated heterocycles. The molecule has 1 aliphatic rings. The van der Waals surface area contributed by atoms with Crippen molar-refractivity contribution in [3.8, 4) is 5.75 Å². The summed E-state index contributed by atoms with van der Waals surface area (Å²) in [5, 5.41) is 15.2. The van der Waals surface area contributed by atoms with Crippen LogP contribution in [0.1, 0.15) is 52.4 Å². The number of carbonyl (C=O) groups is 1. The minimum atomic E-state index is -1.26. The van der Waals surface area contributed by atoms with Crippen LogP contribution in [-0.2, 0) is 0 Å². The molecular weight excluding hydrogens is 465 g/mol. The molecule has 0 aliphatic carbocycles. The van der Waals surface area contributed by atoms with Gasteiger partial charge in [-0.1, -0.05) is 66.7 Å². The molecule has 35 heavy (non-hydrogen) atoms. The van der Waals surface area contributed by atoms with Crippen LogP contribution in [0.25, 0.3) is 10.8 Å². The van der Waals surface area contributed by atoms with Crippen molar-refractivity contribution in [1.29, 1.82) is 0 Å². The highest BCUT2D eigenvalue weighted by Crippen LogP contribution is 2.40. The van der Waals surface area contributed by atoms with E-state index < -0.39 is 11.8 Å². The molecule has 1 aliphatic heterocycles. The van der Waals surface area contributed by atoms with Crippen LogP contribution in [0.5, 0.6) is 5.75 Å². The lowest BCUT2D eigenvalue weighted by Crippen LogP contribution is -2.37. The number of hydrogen-bond donors (Lipinski definition) is 2. The first-order valence-corrected chi connectivity index (χ1v) is 11.5. The largest absolute Gasteiger partial charge is 0.489 e. The van der Waals surface area contributed by atoms with E-state index in [1.165, 1.54) is 28.5 Å². The van der Waals surface area contributed by atoms with E-state index in [0.717, 1.165) is 16.9 Å². The molecule has 0 bridgehead atoms. The number of fused-ring (bicyclic) bond motifs is 2. The van der Waals surface area contributed by atoms with Gasteiger partial charge in [0.2, 0.25) is 0 Å². The standard InChI is InChI=1S/C29H26FNO3.ClH/c1-18(22-11-6-8-19-7-2-3-9-23(19)22)31-17-21-16-26(24-10-4-5-12-28(24)34-21)20-13-14-25(29(32)33)27(30)15-20;/h2-15,18,21,26,31H,16-17H2,1H3,(H,32,33);1H/t18-,21-,26+;/m1./s1. The number of carboxylic acids is 1. The van der Waals surface area contributed by atoms with Crippen LogP contribution in [0.15, 0.2) is 84.9 Å². The molecule has 0 fully saturated rings. The van der Waals surface area contributed by atoms with Gasteiger partial charge >= 0.3 is 5.97 Å². The first kappa shape index (κ1) is 24.7.